The highest BCUT2D eigenvalue weighted by molar-refractivity contribution is 5.44. The van der Waals surface area contributed by atoms with Crippen LogP contribution in [-0.2, 0) is 19.4 Å². The molecule has 0 N–H and O–H groups in total. The molecule has 9 nitrogen and oxygen atoms in total. The third-order valence-electron chi connectivity index (χ3n) is 6.21. The van der Waals surface area contributed by atoms with Crippen LogP contribution in [-0.4, -0.2) is 42.4 Å². The fourth-order valence-electron chi connectivity index (χ4n) is 4.02. The molecule has 0 saturated heterocycles. The molecule has 0 fully saturated rings. The summed E-state index contributed by atoms with van der Waals surface area (Å²) in [5.74, 6) is 3.35. The summed E-state index contributed by atoms with van der Waals surface area (Å²) in [6.45, 7) is 5.05. The molecule has 1 heterocycles. The Bertz CT molecular complexity index is 1130. The van der Waals surface area contributed by atoms with E-state index in [0.29, 0.717) is 29.9 Å². The number of nitrogens with zero attached hydrogens (tertiary/aromatic N) is 3. The third-order valence-corrected chi connectivity index (χ3v) is 6.21. The Balaban J connectivity index is 1.62. The first-order valence-electron chi connectivity index (χ1n) is 11.5. The van der Waals surface area contributed by atoms with Crippen LogP contribution in [0.25, 0.3) is 0 Å². The summed E-state index contributed by atoms with van der Waals surface area (Å²) in [5, 5.41) is 11.0. The lowest BCUT2D eigenvalue weighted by atomic mass is 9.85. The van der Waals surface area contributed by atoms with E-state index in [4.69, 9.17) is 18.9 Å². The van der Waals surface area contributed by atoms with Crippen molar-refractivity contribution in [3.05, 3.63) is 70.0 Å². The Morgan fingerprint density at radius 3 is 1.97 bits per heavy atom. The second-order valence-electron chi connectivity index (χ2n) is 8.56. The van der Waals surface area contributed by atoms with Crippen molar-refractivity contribution in [2.75, 3.05) is 27.9 Å². The van der Waals surface area contributed by atoms with Crippen molar-refractivity contribution in [2.24, 2.45) is 11.8 Å². The highest BCUT2D eigenvalue weighted by Crippen LogP contribution is 2.32. The van der Waals surface area contributed by atoms with Gasteiger partial charge in [-0.15, -0.1) is 0 Å². The van der Waals surface area contributed by atoms with Gasteiger partial charge in [-0.05, 0) is 65.0 Å². The van der Waals surface area contributed by atoms with Crippen molar-refractivity contribution in [3.8, 4) is 23.0 Å². The molecule has 0 amide bonds. The topological polar surface area (TPSA) is 97.9 Å². The predicted molar refractivity (Wildman–Crippen MR) is 133 cm³/mol. The van der Waals surface area contributed by atoms with Gasteiger partial charge in [0.25, 0.3) is 0 Å². The van der Waals surface area contributed by atoms with Crippen LogP contribution in [0.1, 0.15) is 25.0 Å². The Morgan fingerprint density at radius 2 is 1.43 bits per heavy atom. The molecule has 9 heteroatoms. The van der Waals surface area contributed by atoms with Gasteiger partial charge >= 0.3 is 5.95 Å². The maximum absolute atomic E-state index is 11.0. The summed E-state index contributed by atoms with van der Waals surface area (Å²) in [6, 6.07) is 12.0. The normalized spacial score (nSPS) is 12.6. The lowest BCUT2D eigenvalue weighted by molar-refractivity contribution is -0.396. The van der Waals surface area contributed by atoms with Crippen molar-refractivity contribution in [1.29, 1.82) is 0 Å². The SMILES string of the molecule is COc1ccc(C[C@@H](C)[C@@H](C)Cc2ccc(OC)c(OCCn3ccnc3[N+](=O)[O-])c2)cc1OC. The molecule has 0 spiro atoms. The van der Waals surface area contributed by atoms with Gasteiger partial charge in [0.2, 0.25) is 0 Å². The molecule has 1 aromatic heterocycles. The molecule has 0 aliphatic rings. The largest absolute Gasteiger partial charge is 0.493 e. The summed E-state index contributed by atoms with van der Waals surface area (Å²) in [6.07, 6.45) is 4.77. The van der Waals surface area contributed by atoms with Gasteiger partial charge in [-0.3, -0.25) is 0 Å². The number of benzene rings is 2. The first-order valence-corrected chi connectivity index (χ1v) is 11.5. The zero-order chi connectivity index (χ0) is 25.4. The summed E-state index contributed by atoms with van der Waals surface area (Å²) in [7, 11) is 4.88. The van der Waals surface area contributed by atoms with Crippen molar-refractivity contribution in [1.82, 2.24) is 9.55 Å². The van der Waals surface area contributed by atoms with E-state index in [2.05, 4.69) is 24.9 Å². The van der Waals surface area contributed by atoms with Gasteiger partial charge in [0, 0.05) is 0 Å². The van der Waals surface area contributed by atoms with Crippen LogP contribution in [0.2, 0.25) is 0 Å². The van der Waals surface area contributed by atoms with E-state index in [1.54, 1.807) is 27.5 Å². The van der Waals surface area contributed by atoms with Crippen LogP contribution in [0.15, 0.2) is 48.8 Å². The summed E-state index contributed by atoms with van der Waals surface area (Å²) in [5.41, 5.74) is 2.34. The van der Waals surface area contributed by atoms with Gasteiger partial charge in [0.15, 0.2) is 23.0 Å². The number of ether oxygens (including phenoxy) is 4. The Hall–Kier alpha value is -3.75. The van der Waals surface area contributed by atoms with Gasteiger partial charge in [-0.2, -0.15) is 0 Å². The molecule has 0 bridgehead atoms. The van der Waals surface area contributed by atoms with Crippen molar-refractivity contribution in [3.63, 3.8) is 0 Å². The monoisotopic (exact) mass is 483 g/mol. The highest BCUT2D eigenvalue weighted by Gasteiger charge is 2.17. The smallest absolute Gasteiger partial charge is 0.434 e. The molecular formula is C26H33N3O6. The van der Waals surface area contributed by atoms with Gasteiger partial charge < -0.3 is 29.1 Å². The minimum absolute atomic E-state index is 0.202. The zero-order valence-corrected chi connectivity index (χ0v) is 20.9. The van der Waals surface area contributed by atoms with Crippen molar-refractivity contribution in [2.45, 2.75) is 33.2 Å². The molecule has 0 radical (unpaired) electrons. The maximum atomic E-state index is 11.0. The van der Waals surface area contributed by atoms with Crippen LogP contribution in [0, 0.1) is 22.0 Å². The van der Waals surface area contributed by atoms with E-state index in [-0.39, 0.29) is 12.6 Å². The molecule has 2 aromatic carbocycles. The summed E-state index contributed by atoms with van der Waals surface area (Å²) in [4.78, 5) is 14.3. The van der Waals surface area contributed by atoms with Crippen LogP contribution in [0.4, 0.5) is 5.95 Å². The first kappa shape index (κ1) is 25.9. The zero-order valence-electron chi connectivity index (χ0n) is 20.9. The van der Waals surface area contributed by atoms with Gasteiger partial charge in [-0.1, -0.05) is 31.0 Å². The average Bonchev–Trinajstić information content (AvgIpc) is 3.33. The van der Waals surface area contributed by atoms with Gasteiger partial charge in [0.1, 0.15) is 25.5 Å². The van der Waals surface area contributed by atoms with E-state index in [9.17, 15) is 10.1 Å². The van der Waals surface area contributed by atoms with Gasteiger partial charge in [-0.25, -0.2) is 4.57 Å². The quantitative estimate of drug-likeness (QED) is 0.250. The van der Waals surface area contributed by atoms with Crippen molar-refractivity contribution >= 4 is 5.95 Å². The molecular weight excluding hydrogens is 450 g/mol. The fraction of sp³-hybridized carbons (Fsp3) is 0.423. The van der Waals surface area contributed by atoms with E-state index < -0.39 is 4.92 Å². The molecule has 188 valence electrons. The lowest BCUT2D eigenvalue weighted by Gasteiger charge is -2.21. The highest BCUT2D eigenvalue weighted by atomic mass is 16.6. The Labute approximate surface area is 205 Å². The molecule has 2 atom stereocenters. The summed E-state index contributed by atoms with van der Waals surface area (Å²) < 4.78 is 23.6. The van der Waals surface area contributed by atoms with E-state index in [1.165, 1.54) is 16.3 Å². The number of rotatable bonds is 13. The first-order chi connectivity index (χ1) is 16.9. The minimum atomic E-state index is -0.508. The maximum Gasteiger partial charge on any atom is 0.434 e. The Kier molecular flexibility index (Phi) is 8.94. The van der Waals surface area contributed by atoms with Crippen LogP contribution < -0.4 is 18.9 Å². The van der Waals surface area contributed by atoms with Crippen LogP contribution in [0.5, 0.6) is 23.0 Å². The fourth-order valence-corrected chi connectivity index (χ4v) is 4.02. The average molecular weight is 484 g/mol. The lowest BCUT2D eigenvalue weighted by Crippen LogP contribution is -2.14. The molecule has 0 aliphatic carbocycles. The van der Waals surface area contributed by atoms with E-state index >= 15 is 0 Å². The van der Waals surface area contributed by atoms with Crippen molar-refractivity contribution < 1.29 is 23.9 Å². The molecule has 3 rings (SSSR count). The minimum Gasteiger partial charge on any atom is -0.493 e. The number of imidazole rings is 1. The predicted octanol–water partition coefficient (Wildman–Crippen LogP) is 4.95. The van der Waals surface area contributed by atoms with Gasteiger partial charge in [0.05, 0.1) is 21.3 Å². The van der Waals surface area contributed by atoms with Crippen LogP contribution in [0.3, 0.4) is 0 Å². The summed E-state index contributed by atoms with van der Waals surface area (Å²) >= 11 is 0. The van der Waals surface area contributed by atoms with E-state index in [0.717, 1.165) is 29.9 Å². The number of methoxy groups -OCH3 is 3. The standard InChI is InChI=1S/C26H33N3O6/c1-18(14-20-6-8-22(32-3)24(16-20)34-5)19(2)15-21-7-9-23(33-4)25(17-21)35-13-12-28-11-10-27-26(28)29(30)31/h6-11,16-19H,12-15H2,1-5H3/t18-,19+/m1/s1. The molecule has 0 saturated carbocycles. The number of hydrogen-bond acceptors (Lipinski definition) is 7. The number of aromatic nitrogens is 2. The third kappa shape index (κ3) is 6.65. The second kappa shape index (κ2) is 12.1. The molecule has 3 aromatic rings. The molecule has 35 heavy (non-hydrogen) atoms. The Morgan fingerprint density at radius 1 is 0.886 bits per heavy atom. The molecule has 0 aliphatic heterocycles. The second-order valence-corrected chi connectivity index (χ2v) is 8.56. The number of hydrogen-bond donors (Lipinski definition) is 0. The van der Waals surface area contributed by atoms with Crippen LogP contribution >= 0.6 is 0 Å². The molecule has 0 unspecified atom stereocenters. The number of nitro groups is 1. The van der Waals surface area contributed by atoms with E-state index in [1.807, 2.05) is 30.3 Å².